The molecule has 4 heteroatoms. The molecule has 0 spiro atoms. The molecular weight excluding hydrogens is 365 g/mol. The van der Waals surface area contributed by atoms with Gasteiger partial charge in [-0.2, -0.15) is 0 Å². The van der Waals surface area contributed by atoms with E-state index in [-0.39, 0.29) is 5.92 Å². The van der Waals surface area contributed by atoms with E-state index in [1.165, 1.54) is 0 Å². The van der Waals surface area contributed by atoms with E-state index in [2.05, 4.69) is 23.1 Å². The van der Waals surface area contributed by atoms with Crippen molar-refractivity contribution in [2.24, 2.45) is 5.92 Å². The molecule has 0 aromatic heterocycles. The van der Waals surface area contributed by atoms with E-state index < -0.39 is 5.60 Å². The summed E-state index contributed by atoms with van der Waals surface area (Å²) >= 11 is 12.5. The fourth-order valence-corrected chi connectivity index (χ4v) is 4.52. The van der Waals surface area contributed by atoms with E-state index >= 15 is 0 Å². The molecule has 1 aliphatic rings. The van der Waals surface area contributed by atoms with Gasteiger partial charge in [-0.3, -0.25) is 0 Å². The maximum Gasteiger partial charge on any atom is 0.115 e. The minimum atomic E-state index is -1.08. The topological polar surface area (TPSA) is 23.5 Å². The average molecular weight is 390 g/mol. The van der Waals surface area contributed by atoms with Crippen LogP contribution in [0.15, 0.2) is 54.1 Å². The Bertz CT molecular complexity index is 768. The minimum Gasteiger partial charge on any atom is -0.380 e. The van der Waals surface area contributed by atoms with Gasteiger partial charge in [0.25, 0.3) is 0 Å². The largest absolute Gasteiger partial charge is 0.380 e. The molecule has 138 valence electrons. The Hall–Kier alpha value is -1.32. The quantitative estimate of drug-likeness (QED) is 0.732. The van der Waals surface area contributed by atoms with Crippen molar-refractivity contribution in [1.29, 1.82) is 0 Å². The standard InChI is InChI=1S/C22H25Cl2NO/c1-25(2)15-18-10-6-9-17(11-16-7-4-3-5-8-16)22(18,26)19-12-20(23)14-21(24)13-19/h3-5,7-8,11-14,18,26H,6,9-10,15H2,1-2H3/b17-11-. The van der Waals surface area contributed by atoms with Crippen LogP contribution in [0.5, 0.6) is 0 Å². The van der Waals surface area contributed by atoms with E-state index in [0.29, 0.717) is 10.0 Å². The van der Waals surface area contributed by atoms with Gasteiger partial charge in [-0.1, -0.05) is 59.6 Å². The highest BCUT2D eigenvalue weighted by molar-refractivity contribution is 6.34. The number of nitrogens with zero attached hydrogens (tertiary/aromatic N) is 1. The molecule has 1 saturated carbocycles. The number of hydrogen-bond donors (Lipinski definition) is 1. The number of hydrogen-bond acceptors (Lipinski definition) is 2. The molecule has 0 aliphatic heterocycles. The van der Waals surface area contributed by atoms with Crippen LogP contribution in [-0.4, -0.2) is 30.6 Å². The summed E-state index contributed by atoms with van der Waals surface area (Å²) < 4.78 is 0. The van der Waals surface area contributed by atoms with Crippen molar-refractivity contribution >= 4 is 29.3 Å². The fourth-order valence-electron chi connectivity index (χ4n) is 3.99. The van der Waals surface area contributed by atoms with Gasteiger partial charge in [0.05, 0.1) is 0 Å². The lowest BCUT2D eigenvalue weighted by atomic mass is 9.67. The lowest BCUT2D eigenvalue weighted by Crippen LogP contribution is -2.44. The van der Waals surface area contributed by atoms with Crippen molar-refractivity contribution in [3.8, 4) is 0 Å². The van der Waals surface area contributed by atoms with Gasteiger partial charge in [0.15, 0.2) is 0 Å². The second kappa shape index (κ2) is 8.14. The third kappa shape index (κ3) is 4.15. The molecule has 26 heavy (non-hydrogen) atoms. The number of aliphatic hydroxyl groups is 1. The van der Waals surface area contributed by atoms with Gasteiger partial charge in [0.1, 0.15) is 5.60 Å². The first kappa shape index (κ1) is 19.4. The van der Waals surface area contributed by atoms with Crippen LogP contribution in [0.2, 0.25) is 10.0 Å². The normalized spacial score (nSPS) is 25.0. The zero-order valence-corrected chi connectivity index (χ0v) is 16.8. The van der Waals surface area contributed by atoms with Crippen molar-refractivity contribution in [3.63, 3.8) is 0 Å². The van der Waals surface area contributed by atoms with Crippen LogP contribution < -0.4 is 0 Å². The Kier molecular flexibility index (Phi) is 6.09. The van der Waals surface area contributed by atoms with E-state index in [1.807, 2.05) is 44.4 Å². The van der Waals surface area contributed by atoms with Crippen LogP contribution in [0.3, 0.4) is 0 Å². The summed E-state index contributed by atoms with van der Waals surface area (Å²) in [6.07, 6.45) is 5.01. The summed E-state index contributed by atoms with van der Waals surface area (Å²) in [6.45, 7) is 0.798. The predicted octanol–water partition coefficient (Wildman–Crippen LogP) is 5.63. The second-order valence-electron chi connectivity index (χ2n) is 7.36. The molecule has 2 unspecified atom stereocenters. The van der Waals surface area contributed by atoms with Crippen molar-refractivity contribution in [2.75, 3.05) is 20.6 Å². The number of rotatable bonds is 4. The van der Waals surface area contributed by atoms with Gasteiger partial charge in [-0.25, -0.2) is 0 Å². The van der Waals surface area contributed by atoms with Gasteiger partial charge in [0.2, 0.25) is 0 Å². The van der Waals surface area contributed by atoms with Gasteiger partial charge >= 0.3 is 0 Å². The molecule has 2 aromatic rings. The number of halogens is 2. The van der Waals surface area contributed by atoms with Gasteiger partial charge in [-0.05, 0) is 68.3 Å². The summed E-state index contributed by atoms with van der Waals surface area (Å²) in [5.41, 5.74) is 1.83. The summed E-state index contributed by atoms with van der Waals surface area (Å²) in [5, 5.41) is 13.1. The minimum absolute atomic E-state index is 0.0794. The summed E-state index contributed by atoms with van der Waals surface area (Å²) in [7, 11) is 4.08. The van der Waals surface area contributed by atoms with Crippen molar-refractivity contribution in [2.45, 2.75) is 24.9 Å². The Labute approximate surface area is 166 Å². The van der Waals surface area contributed by atoms with Crippen molar-refractivity contribution in [1.82, 2.24) is 4.90 Å². The summed E-state index contributed by atoms with van der Waals surface area (Å²) in [5.74, 6) is 0.0794. The molecule has 0 bridgehead atoms. The van der Waals surface area contributed by atoms with Gasteiger partial charge in [0, 0.05) is 22.5 Å². The summed E-state index contributed by atoms with van der Waals surface area (Å²) in [6, 6.07) is 15.6. The lowest BCUT2D eigenvalue weighted by molar-refractivity contribution is -0.0174. The van der Waals surface area contributed by atoms with Crippen LogP contribution in [0.25, 0.3) is 6.08 Å². The maximum absolute atomic E-state index is 12.0. The molecule has 1 fully saturated rings. The van der Waals surface area contributed by atoms with Gasteiger partial charge in [-0.15, -0.1) is 0 Å². The first-order valence-electron chi connectivity index (χ1n) is 8.99. The molecule has 0 radical (unpaired) electrons. The Morgan fingerprint density at radius 1 is 1.12 bits per heavy atom. The highest BCUT2D eigenvalue weighted by atomic mass is 35.5. The van der Waals surface area contributed by atoms with Gasteiger partial charge < -0.3 is 10.0 Å². The van der Waals surface area contributed by atoms with Crippen molar-refractivity contribution in [3.05, 3.63) is 75.3 Å². The lowest BCUT2D eigenvalue weighted by Gasteiger charge is -2.44. The molecule has 0 saturated heterocycles. The zero-order chi connectivity index (χ0) is 18.7. The predicted molar refractivity (Wildman–Crippen MR) is 111 cm³/mol. The molecular formula is C22H25Cl2NO. The van der Waals surface area contributed by atoms with Crippen LogP contribution in [-0.2, 0) is 5.60 Å². The molecule has 1 aliphatic carbocycles. The van der Waals surface area contributed by atoms with Crippen molar-refractivity contribution < 1.29 is 5.11 Å². The third-order valence-corrected chi connectivity index (χ3v) is 5.54. The molecule has 2 nitrogen and oxygen atoms in total. The Balaban J connectivity index is 2.13. The molecule has 1 N–H and O–H groups in total. The van der Waals surface area contributed by atoms with Crippen LogP contribution in [0.1, 0.15) is 30.4 Å². The van der Waals surface area contributed by atoms with E-state index in [9.17, 15) is 5.11 Å². The fraction of sp³-hybridized carbons (Fsp3) is 0.364. The third-order valence-electron chi connectivity index (χ3n) is 5.11. The molecule has 0 heterocycles. The summed E-state index contributed by atoms with van der Waals surface area (Å²) in [4.78, 5) is 2.13. The van der Waals surface area contributed by atoms with Crippen LogP contribution in [0, 0.1) is 5.92 Å². The Morgan fingerprint density at radius 2 is 1.77 bits per heavy atom. The molecule has 3 rings (SSSR count). The number of benzene rings is 2. The highest BCUT2D eigenvalue weighted by Crippen LogP contribution is 2.47. The van der Waals surface area contributed by atoms with E-state index in [1.54, 1.807) is 6.07 Å². The second-order valence-corrected chi connectivity index (χ2v) is 8.23. The van der Waals surface area contributed by atoms with Crippen LogP contribution in [0.4, 0.5) is 0 Å². The SMILES string of the molecule is CN(C)CC1CCC/C(=C/c2ccccc2)C1(O)c1cc(Cl)cc(Cl)c1. The maximum atomic E-state index is 12.0. The smallest absolute Gasteiger partial charge is 0.115 e. The van der Waals surface area contributed by atoms with E-state index in [4.69, 9.17) is 23.2 Å². The molecule has 2 aromatic carbocycles. The average Bonchev–Trinajstić information content (AvgIpc) is 2.58. The molecule has 2 atom stereocenters. The first-order valence-corrected chi connectivity index (χ1v) is 9.75. The first-order chi connectivity index (χ1) is 12.4. The van der Waals surface area contributed by atoms with E-state index in [0.717, 1.165) is 42.5 Å². The highest BCUT2D eigenvalue weighted by Gasteiger charge is 2.44. The van der Waals surface area contributed by atoms with Crippen LogP contribution >= 0.6 is 23.2 Å². The zero-order valence-electron chi connectivity index (χ0n) is 15.3. The Morgan fingerprint density at radius 3 is 2.38 bits per heavy atom. The monoisotopic (exact) mass is 389 g/mol. The molecule has 0 amide bonds.